The van der Waals surface area contributed by atoms with E-state index in [1.807, 2.05) is 27.7 Å². The number of nitrogens with one attached hydrogen (secondary N) is 1. The van der Waals surface area contributed by atoms with Crippen LogP contribution in [0, 0.1) is 16.7 Å². The molecule has 0 saturated carbocycles. The van der Waals surface area contributed by atoms with Crippen LogP contribution < -0.4 is 14.8 Å². The largest absolute Gasteiger partial charge is 0.508 e. The van der Waals surface area contributed by atoms with Crippen molar-refractivity contribution in [3.8, 4) is 11.5 Å². The Bertz CT molecular complexity index is 985. The van der Waals surface area contributed by atoms with Gasteiger partial charge in [-0.3, -0.25) is 14.4 Å². The van der Waals surface area contributed by atoms with Crippen LogP contribution in [0.5, 0.6) is 11.5 Å². The lowest BCUT2D eigenvalue weighted by atomic mass is 9.90. The Morgan fingerprint density at radius 1 is 0.872 bits per heavy atom. The standard InChI is InChI=1S/C29H45NO9/c1-10-28(5,6)25(32)38-22-13-12-20(17-23(22)39-26(33)29(7,8)11-2)16-21(24(31)35-9)30-14-15-36-27(34)37-18-19(3)4/h12-13,17,19,21,30H,10-11,14-16,18H2,1-9H3/t21-/m0/s1. The number of carbonyl (C=O) groups is 4. The molecule has 0 spiro atoms. The van der Waals surface area contributed by atoms with Gasteiger partial charge in [0.25, 0.3) is 0 Å². The summed E-state index contributed by atoms with van der Waals surface area (Å²) in [5.74, 6) is -1.07. The Hall–Kier alpha value is -3.14. The maximum Gasteiger partial charge on any atom is 0.508 e. The Kier molecular flexibility index (Phi) is 13.4. The third-order valence-corrected chi connectivity index (χ3v) is 6.46. The summed E-state index contributed by atoms with van der Waals surface area (Å²) in [6, 6.07) is 4.01. The summed E-state index contributed by atoms with van der Waals surface area (Å²) in [5, 5.41) is 3.01. The van der Waals surface area contributed by atoms with E-state index in [-0.39, 0.29) is 43.6 Å². The minimum atomic E-state index is -0.784. The fourth-order valence-corrected chi connectivity index (χ4v) is 2.87. The summed E-state index contributed by atoms with van der Waals surface area (Å²) >= 11 is 0. The normalized spacial score (nSPS) is 12.5. The molecule has 0 saturated heterocycles. The van der Waals surface area contributed by atoms with Crippen molar-refractivity contribution in [2.75, 3.05) is 26.9 Å². The van der Waals surface area contributed by atoms with Crippen LogP contribution in [0.15, 0.2) is 18.2 Å². The van der Waals surface area contributed by atoms with E-state index in [0.29, 0.717) is 18.4 Å². The SMILES string of the molecule is CCC(C)(C)C(=O)Oc1ccc(C[C@H](NCCOC(=O)OCC(C)C)C(=O)OC)cc1OC(=O)C(C)(C)CC. The Labute approximate surface area is 232 Å². The van der Waals surface area contributed by atoms with Gasteiger partial charge in [0.2, 0.25) is 0 Å². The summed E-state index contributed by atoms with van der Waals surface area (Å²) in [6.07, 6.45) is 0.497. The van der Waals surface area contributed by atoms with Crippen LogP contribution in [-0.2, 0) is 35.0 Å². The molecule has 0 aliphatic heterocycles. The third kappa shape index (κ3) is 11.2. The molecule has 0 radical (unpaired) electrons. The molecule has 1 N–H and O–H groups in total. The van der Waals surface area contributed by atoms with Gasteiger partial charge in [-0.1, -0.05) is 33.8 Å². The van der Waals surface area contributed by atoms with Crippen molar-refractivity contribution in [3.05, 3.63) is 23.8 Å². The second kappa shape index (κ2) is 15.5. The minimum absolute atomic E-state index is 0.0124. The molecule has 1 aromatic rings. The summed E-state index contributed by atoms with van der Waals surface area (Å²) in [7, 11) is 1.27. The molecule has 0 aromatic heterocycles. The van der Waals surface area contributed by atoms with Gasteiger partial charge >= 0.3 is 24.1 Å². The van der Waals surface area contributed by atoms with E-state index in [2.05, 4.69) is 5.32 Å². The van der Waals surface area contributed by atoms with E-state index in [9.17, 15) is 19.2 Å². The van der Waals surface area contributed by atoms with Gasteiger partial charge < -0.3 is 29.0 Å². The fraction of sp³-hybridized carbons (Fsp3) is 0.655. The van der Waals surface area contributed by atoms with Gasteiger partial charge in [-0.15, -0.1) is 0 Å². The van der Waals surface area contributed by atoms with Gasteiger partial charge in [0.1, 0.15) is 12.6 Å². The van der Waals surface area contributed by atoms with Gasteiger partial charge in [-0.2, -0.15) is 0 Å². The summed E-state index contributed by atoms with van der Waals surface area (Å²) in [6.45, 7) is 15.1. The summed E-state index contributed by atoms with van der Waals surface area (Å²) < 4.78 is 26.2. The summed E-state index contributed by atoms with van der Waals surface area (Å²) in [4.78, 5) is 49.7. The highest BCUT2D eigenvalue weighted by Crippen LogP contribution is 2.34. The zero-order valence-electron chi connectivity index (χ0n) is 24.8. The monoisotopic (exact) mass is 551 g/mol. The van der Waals surface area contributed by atoms with E-state index in [0.717, 1.165) is 0 Å². The van der Waals surface area contributed by atoms with Crippen LogP contribution >= 0.6 is 0 Å². The first-order valence-electron chi connectivity index (χ1n) is 13.3. The molecule has 220 valence electrons. The van der Waals surface area contributed by atoms with Gasteiger partial charge in [0.05, 0.1) is 24.5 Å². The minimum Gasteiger partial charge on any atom is -0.468 e. The van der Waals surface area contributed by atoms with Crippen molar-refractivity contribution in [2.24, 2.45) is 16.7 Å². The molecule has 0 heterocycles. The first-order valence-corrected chi connectivity index (χ1v) is 13.3. The zero-order valence-corrected chi connectivity index (χ0v) is 24.8. The van der Waals surface area contributed by atoms with E-state index in [1.165, 1.54) is 7.11 Å². The predicted octanol–water partition coefficient (Wildman–Crippen LogP) is 4.85. The highest BCUT2D eigenvalue weighted by Gasteiger charge is 2.31. The Morgan fingerprint density at radius 2 is 1.44 bits per heavy atom. The molecule has 0 aliphatic rings. The maximum atomic E-state index is 12.9. The number of carbonyl (C=O) groups excluding carboxylic acids is 4. The Morgan fingerprint density at radius 3 is 1.95 bits per heavy atom. The lowest BCUT2D eigenvalue weighted by Gasteiger charge is -2.24. The molecular weight excluding hydrogens is 506 g/mol. The van der Waals surface area contributed by atoms with Crippen LogP contribution in [0.4, 0.5) is 4.79 Å². The molecule has 10 nitrogen and oxygen atoms in total. The van der Waals surface area contributed by atoms with Crippen molar-refractivity contribution in [2.45, 2.75) is 80.7 Å². The molecule has 0 fully saturated rings. The van der Waals surface area contributed by atoms with Crippen LogP contribution in [0.1, 0.15) is 73.8 Å². The van der Waals surface area contributed by atoms with Crippen molar-refractivity contribution in [1.29, 1.82) is 0 Å². The number of benzene rings is 1. The first-order chi connectivity index (χ1) is 18.2. The van der Waals surface area contributed by atoms with Crippen molar-refractivity contribution in [3.63, 3.8) is 0 Å². The molecule has 39 heavy (non-hydrogen) atoms. The third-order valence-electron chi connectivity index (χ3n) is 6.46. The van der Waals surface area contributed by atoms with Gasteiger partial charge in [0, 0.05) is 6.54 Å². The number of ether oxygens (including phenoxy) is 5. The lowest BCUT2D eigenvalue weighted by Crippen LogP contribution is -2.41. The summed E-state index contributed by atoms with van der Waals surface area (Å²) in [5.41, 5.74) is -0.861. The van der Waals surface area contributed by atoms with E-state index in [4.69, 9.17) is 23.7 Å². The Balaban J connectivity index is 3.09. The number of methoxy groups -OCH3 is 1. The molecule has 10 heteroatoms. The topological polar surface area (TPSA) is 126 Å². The first kappa shape index (κ1) is 33.9. The van der Waals surface area contributed by atoms with Crippen molar-refractivity contribution in [1.82, 2.24) is 5.32 Å². The molecule has 1 rings (SSSR count). The van der Waals surface area contributed by atoms with E-state index in [1.54, 1.807) is 45.9 Å². The van der Waals surface area contributed by atoms with Crippen LogP contribution in [0.2, 0.25) is 0 Å². The van der Waals surface area contributed by atoms with Gasteiger partial charge in [-0.05, 0) is 70.6 Å². The van der Waals surface area contributed by atoms with Gasteiger partial charge in [0.15, 0.2) is 11.5 Å². The molecule has 1 atom stereocenters. The van der Waals surface area contributed by atoms with Crippen LogP contribution in [0.3, 0.4) is 0 Å². The molecular formula is C29H45NO9. The second-order valence-electron chi connectivity index (χ2n) is 11.1. The highest BCUT2D eigenvalue weighted by molar-refractivity contribution is 5.81. The molecule has 0 bridgehead atoms. The van der Waals surface area contributed by atoms with E-state index >= 15 is 0 Å². The highest BCUT2D eigenvalue weighted by atomic mass is 16.7. The molecule has 1 aromatic carbocycles. The van der Waals surface area contributed by atoms with Crippen molar-refractivity contribution < 1.29 is 42.9 Å². The van der Waals surface area contributed by atoms with Crippen molar-refractivity contribution >= 4 is 24.1 Å². The number of hydrogen-bond donors (Lipinski definition) is 1. The molecule has 0 unspecified atom stereocenters. The second-order valence-corrected chi connectivity index (χ2v) is 11.1. The number of rotatable bonds is 15. The van der Waals surface area contributed by atoms with Crippen LogP contribution in [-0.4, -0.2) is 57.0 Å². The zero-order chi connectivity index (χ0) is 29.8. The molecule has 0 amide bonds. The average molecular weight is 552 g/mol. The van der Waals surface area contributed by atoms with E-state index < -0.39 is 40.9 Å². The average Bonchev–Trinajstić information content (AvgIpc) is 2.89. The molecule has 0 aliphatic carbocycles. The quantitative estimate of drug-likeness (QED) is 0.184. The van der Waals surface area contributed by atoms with Crippen LogP contribution in [0.25, 0.3) is 0 Å². The fourth-order valence-electron chi connectivity index (χ4n) is 2.87. The predicted molar refractivity (Wildman–Crippen MR) is 146 cm³/mol. The maximum absolute atomic E-state index is 12.9. The smallest absolute Gasteiger partial charge is 0.468 e. The van der Waals surface area contributed by atoms with Gasteiger partial charge in [-0.25, -0.2) is 4.79 Å². The number of hydrogen-bond acceptors (Lipinski definition) is 10. The number of esters is 3. The lowest BCUT2D eigenvalue weighted by molar-refractivity contribution is -0.147.